The van der Waals surface area contributed by atoms with Gasteiger partial charge in [0.1, 0.15) is 12.1 Å². The molecule has 4 heteroatoms. The van der Waals surface area contributed by atoms with Crippen molar-refractivity contribution in [2.45, 2.75) is 32.7 Å². The van der Waals surface area contributed by atoms with Crippen molar-refractivity contribution in [3.63, 3.8) is 0 Å². The molecule has 1 aliphatic rings. The molecule has 2 rings (SSSR count). The summed E-state index contributed by atoms with van der Waals surface area (Å²) in [4.78, 5) is 10.8. The Morgan fingerprint density at radius 2 is 2.17 bits per heavy atom. The second kappa shape index (κ2) is 6.36. The minimum absolute atomic E-state index is 0.519. The Morgan fingerprint density at radius 3 is 2.83 bits per heavy atom. The van der Waals surface area contributed by atoms with Crippen LogP contribution in [0.5, 0.6) is 0 Å². The van der Waals surface area contributed by atoms with Gasteiger partial charge in [-0.05, 0) is 26.7 Å². The van der Waals surface area contributed by atoms with Crippen molar-refractivity contribution in [2.24, 2.45) is 0 Å². The number of rotatable bonds is 3. The zero-order chi connectivity index (χ0) is 12.8. The largest absolute Gasteiger partial charge is 0.367 e. The van der Waals surface area contributed by atoms with E-state index in [-0.39, 0.29) is 0 Å². The van der Waals surface area contributed by atoms with E-state index in [2.05, 4.69) is 32.0 Å². The zero-order valence-corrected chi connectivity index (χ0v) is 11.1. The lowest BCUT2D eigenvalue weighted by Crippen LogP contribution is -2.39. The Bertz CT molecular complexity index is 439. The lowest BCUT2D eigenvalue weighted by atomic mass is 10.1. The van der Waals surface area contributed by atoms with E-state index >= 15 is 0 Å². The van der Waals surface area contributed by atoms with Gasteiger partial charge in [0, 0.05) is 30.9 Å². The second-order valence-corrected chi connectivity index (χ2v) is 4.67. The Labute approximate surface area is 109 Å². The van der Waals surface area contributed by atoms with E-state index in [0.717, 1.165) is 44.0 Å². The Kier molecular flexibility index (Phi) is 4.54. The van der Waals surface area contributed by atoms with E-state index in [1.807, 2.05) is 19.9 Å². The van der Waals surface area contributed by atoms with Crippen LogP contribution in [-0.4, -0.2) is 40.5 Å². The molecule has 96 valence electrons. The highest BCUT2D eigenvalue weighted by Crippen LogP contribution is 2.14. The number of nitrogens with zero attached hydrogens (tertiary/aromatic N) is 3. The minimum atomic E-state index is 0.519. The van der Waals surface area contributed by atoms with Crippen LogP contribution in [0, 0.1) is 18.8 Å². The lowest BCUT2D eigenvalue weighted by molar-refractivity contribution is 0.243. The molecule has 0 aliphatic carbocycles. The molecule has 1 aromatic rings. The molecule has 0 radical (unpaired) electrons. The maximum Gasteiger partial charge on any atom is 0.129 e. The second-order valence-electron chi connectivity index (χ2n) is 4.67. The summed E-state index contributed by atoms with van der Waals surface area (Å²) < 4.78 is 0. The molecule has 0 amide bonds. The van der Waals surface area contributed by atoms with Crippen LogP contribution in [0.4, 0.5) is 5.82 Å². The van der Waals surface area contributed by atoms with E-state index < -0.39 is 0 Å². The first kappa shape index (κ1) is 12.8. The molecule has 1 aromatic heterocycles. The third kappa shape index (κ3) is 3.71. The fourth-order valence-corrected chi connectivity index (χ4v) is 2.17. The van der Waals surface area contributed by atoms with Crippen molar-refractivity contribution in [1.82, 2.24) is 14.9 Å². The van der Waals surface area contributed by atoms with E-state index in [1.165, 1.54) is 0 Å². The average molecular weight is 244 g/mol. The Morgan fingerprint density at radius 1 is 1.39 bits per heavy atom. The highest BCUT2D eigenvalue weighted by atomic mass is 15.1. The molecule has 2 heterocycles. The van der Waals surface area contributed by atoms with Crippen molar-refractivity contribution in [2.75, 3.05) is 25.0 Å². The predicted octanol–water partition coefficient (Wildman–Crippen LogP) is 1.68. The monoisotopic (exact) mass is 244 g/mol. The zero-order valence-electron chi connectivity index (χ0n) is 11.1. The number of aromatic nitrogens is 2. The van der Waals surface area contributed by atoms with Gasteiger partial charge in [0.2, 0.25) is 0 Å². The fraction of sp³-hybridized carbons (Fsp3) is 0.571. The number of hydrogen-bond acceptors (Lipinski definition) is 4. The number of nitrogens with one attached hydrogen (secondary N) is 1. The average Bonchev–Trinajstić information content (AvgIpc) is 2.38. The van der Waals surface area contributed by atoms with Crippen LogP contribution in [-0.2, 0) is 0 Å². The van der Waals surface area contributed by atoms with Crippen molar-refractivity contribution in [3.8, 4) is 11.8 Å². The predicted molar refractivity (Wildman–Crippen MR) is 73.3 cm³/mol. The molecule has 0 aromatic carbocycles. The van der Waals surface area contributed by atoms with E-state index in [9.17, 15) is 0 Å². The molecule has 1 saturated heterocycles. The summed E-state index contributed by atoms with van der Waals surface area (Å²) in [5.74, 6) is 7.01. The molecule has 1 aliphatic heterocycles. The SMILES string of the molecule is CC#CCN1CCC(Nc2cc(C)ncn2)CC1. The summed E-state index contributed by atoms with van der Waals surface area (Å²) in [6, 6.07) is 2.51. The summed E-state index contributed by atoms with van der Waals surface area (Å²) in [5, 5.41) is 3.48. The van der Waals surface area contributed by atoms with Crippen LogP contribution < -0.4 is 5.32 Å². The van der Waals surface area contributed by atoms with Gasteiger partial charge in [-0.3, -0.25) is 4.90 Å². The molecule has 0 spiro atoms. The molecule has 0 atom stereocenters. The van der Waals surface area contributed by atoms with Crippen LogP contribution in [0.15, 0.2) is 12.4 Å². The number of piperidine rings is 1. The molecule has 4 nitrogen and oxygen atoms in total. The smallest absolute Gasteiger partial charge is 0.129 e. The quantitative estimate of drug-likeness (QED) is 0.821. The molecule has 18 heavy (non-hydrogen) atoms. The number of aryl methyl sites for hydroxylation is 1. The van der Waals surface area contributed by atoms with Crippen LogP contribution in [0.1, 0.15) is 25.5 Å². The maximum absolute atomic E-state index is 4.24. The van der Waals surface area contributed by atoms with E-state index in [4.69, 9.17) is 0 Å². The first-order chi connectivity index (χ1) is 8.78. The maximum atomic E-state index is 4.24. The number of likely N-dealkylation sites (tertiary alicyclic amines) is 1. The van der Waals surface area contributed by atoms with Gasteiger partial charge >= 0.3 is 0 Å². The van der Waals surface area contributed by atoms with Crippen LogP contribution in [0.2, 0.25) is 0 Å². The summed E-state index contributed by atoms with van der Waals surface area (Å²) >= 11 is 0. The van der Waals surface area contributed by atoms with Gasteiger partial charge in [0.25, 0.3) is 0 Å². The van der Waals surface area contributed by atoms with E-state index in [0.29, 0.717) is 6.04 Å². The highest BCUT2D eigenvalue weighted by molar-refractivity contribution is 5.35. The minimum Gasteiger partial charge on any atom is -0.367 e. The van der Waals surface area contributed by atoms with Crippen molar-refractivity contribution < 1.29 is 0 Å². The van der Waals surface area contributed by atoms with Gasteiger partial charge < -0.3 is 5.32 Å². The van der Waals surface area contributed by atoms with Gasteiger partial charge in [-0.15, -0.1) is 5.92 Å². The summed E-state index contributed by atoms with van der Waals surface area (Å²) in [6.07, 6.45) is 3.91. The molecule has 0 bridgehead atoms. The molecule has 1 fully saturated rings. The van der Waals surface area contributed by atoms with Crippen LogP contribution in [0.25, 0.3) is 0 Å². The first-order valence-corrected chi connectivity index (χ1v) is 6.45. The summed E-state index contributed by atoms with van der Waals surface area (Å²) in [5.41, 5.74) is 1.00. The molecular formula is C14H20N4. The van der Waals surface area contributed by atoms with Gasteiger partial charge in [-0.25, -0.2) is 9.97 Å². The van der Waals surface area contributed by atoms with Crippen LogP contribution >= 0.6 is 0 Å². The third-order valence-corrected chi connectivity index (χ3v) is 3.22. The molecule has 0 saturated carbocycles. The number of hydrogen-bond donors (Lipinski definition) is 1. The highest BCUT2D eigenvalue weighted by Gasteiger charge is 2.18. The van der Waals surface area contributed by atoms with Gasteiger partial charge in [0.05, 0.1) is 6.54 Å². The normalized spacial score (nSPS) is 17.0. The van der Waals surface area contributed by atoms with Crippen molar-refractivity contribution in [1.29, 1.82) is 0 Å². The van der Waals surface area contributed by atoms with Gasteiger partial charge in [-0.2, -0.15) is 0 Å². The van der Waals surface area contributed by atoms with Crippen LogP contribution in [0.3, 0.4) is 0 Å². The summed E-state index contributed by atoms with van der Waals surface area (Å²) in [6.45, 7) is 6.99. The number of anilines is 1. The Hall–Kier alpha value is -1.60. The molecule has 1 N–H and O–H groups in total. The first-order valence-electron chi connectivity index (χ1n) is 6.45. The Balaban J connectivity index is 1.81. The van der Waals surface area contributed by atoms with Gasteiger partial charge in [-0.1, -0.05) is 5.92 Å². The standard InChI is InChI=1S/C14H20N4/c1-3-4-7-18-8-5-13(6-9-18)17-14-10-12(2)15-11-16-14/h10-11,13H,5-9H2,1-2H3,(H,15,16,17). The van der Waals surface area contributed by atoms with Crippen molar-refractivity contribution in [3.05, 3.63) is 18.1 Å². The van der Waals surface area contributed by atoms with Gasteiger partial charge in [0.15, 0.2) is 0 Å². The van der Waals surface area contributed by atoms with Crippen molar-refractivity contribution >= 4 is 5.82 Å². The van der Waals surface area contributed by atoms with E-state index in [1.54, 1.807) is 6.33 Å². The molecular weight excluding hydrogens is 224 g/mol. The topological polar surface area (TPSA) is 41.0 Å². The lowest BCUT2D eigenvalue weighted by Gasteiger charge is -2.31. The third-order valence-electron chi connectivity index (χ3n) is 3.22. The summed E-state index contributed by atoms with van der Waals surface area (Å²) in [7, 11) is 0. The molecule has 0 unspecified atom stereocenters. The fourth-order valence-electron chi connectivity index (χ4n) is 2.17.